The third-order valence-corrected chi connectivity index (χ3v) is 4.38. The molecule has 0 fully saturated rings. The van der Waals surface area contributed by atoms with E-state index < -0.39 is 0 Å². The van der Waals surface area contributed by atoms with Crippen molar-refractivity contribution >= 4 is 12.2 Å². The molecule has 0 saturated carbocycles. The van der Waals surface area contributed by atoms with Gasteiger partial charge in [-0.3, -0.25) is 4.90 Å². The maximum Gasteiger partial charge on any atom is 0.0169 e. The highest BCUT2D eigenvalue weighted by Gasteiger charge is 2.01. The highest BCUT2D eigenvalue weighted by Crippen LogP contribution is 2.06. The first kappa shape index (κ1) is 20.2. The van der Waals surface area contributed by atoms with Crippen molar-refractivity contribution in [3.63, 3.8) is 0 Å². The molecular weight excluding hydrogens is 316 g/mol. The van der Waals surface area contributed by atoms with Crippen LogP contribution in [0.25, 0.3) is 12.2 Å². The largest absolute Gasteiger partial charge is 0.330 e. The van der Waals surface area contributed by atoms with Gasteiger partial charge >= 0.3 is 0 Å². The Bertz CT molecular complexity index is 580. The molecule has 0 aliphatic heterocycles. The van der Waals surface area contributed by atoms with Crippen molar-refractivity contribution in [3.05, 3.63) is 83.9 Å². The second-order valence-electron chi connectivity index (χ2n) is 6.59. The van der Waals surface area contributed by atoms with Crippen molar-refractivity contribution < 1.29 is 0 Å². The Morgan fingerprint density at radius 2 is 1.15 bits per heavy atom. The molecule has 0 amide bonds. The van der Waals surface area contributed by atoms with Gasteiger partial charge in [-0.1, -0.05) is 97.8 Å². The molecule has 0 aliphatic carbocycles. The summed E-state index contributed by atoms with van der Waals surface area (Å²) < 4.78 is 0. The van der Waals surface area contributed by atoms with Gasteiger partial charge in [0, 0.05) is 13.1 Å². The Morgan fingerprint density at radius 3 is 1.65 bits per heavy atom. The van der Waals surface area contributed by atoms with Crippen LogP contribution >= 0.6 is 0 Å². The molecule has 0 aromatic heterocycles. The summed E-state index contributed by atoms with van der Waals surface area (Å²) in [6.07, 6.45) is 13.8. The zero-order valence-corrected chi connectivity index (χ0v) is 15.8. The molecule has 2 rings (SSSR count). The molecule has 0 radical (unpaired) electrons. The van der Waals surface area contributed by atoms with Crippen molar-refractivity contribution in [1.82, 2.24) is 4.90 Å². The van der Waals surface area contributed by atoms with Crippen molar-refractivity contribution in [2.45, 2.75) is 25.7 Å². The van der Waals surface area contributed by atoms with E-state index in [1.54, 1.807) is 0 Å². The van der Waals surface area contributed by atoms with Crippen LogP contribution in [0.2, 0.25) is 0 Å². The smallest absolute Gasteiger partial charge is 0.0169 e. The number of nitrogens with two attached hydrogens (primary N) is 1. The molecule has 0 atom stereocenters. The summed E-state index contributed by atoms with van der Waals surface area (Å²) >= 11 is 0. The van der Waals surface area contributed by atoms with Crippen LogP contribution in [0.15, 0.2) is 72.8 Å². The lowest BCUT2D eigenvalue weighted by Gasteiger charge is -2.19. The van der Waals surface area contributed by atoms with E-state index >= 15 is 0 Å². The van der Waals surface area contributed by atoms with Crippen molar-refractivity contribution in [3.8, 4) is 0 Å². The maximum atomic E-state index is 5.58. The summed E-state index contributed by atoms with van der Waals surface area (Å²) in [6.45, 7) is 3.89. The first-order valence-corrected chi connectivity index (χ1v) is 9.74. The average Bonchev–Trinajstić information content (AvgIpc) is 2.69. The molecule has 2 heteroatoms. The number of unbranched alkanes of at least 4 members (excludes halogenated alkanes) is 3. The summed E-state index contributed by atoms with van der Waals surface area (Å²) in [5, 5.41) is 0. The third-order valence-electron chi connectivity index (χ3n) is 4.38. The number of benzene rings is 2. The van der Waals surface area contributed by atoms with Crippen LogP contribution in [0.5, 0.6) is 0 Å². The molecule has 0 aliphatic rings. The fraction of sp³-hybridized carbons (Fsp3) is 0.333. The molecule has 0 unspecified atom stereocenters. The lowest BCUT2D eigenvalue weighted by atomic mass is 10.1. The Morgan fingerprint density at radius 1 is 0.654 bits per heavy atom. The summed E-state index contributed by atoms with van der Waals surface area (Å²) in [5.41, 5.74) is 8.10. The van der Waals surface area contributed by atoms with Gasteiger partial charge in [-0.05, 0) is 37.1 Å². The van der Waals surface area contributed by atoms with E-state index in [-0.39, 0.29) is 0 Å². The standard InChI is InChI=1S/C24H32N2/c25-19-9-1-2-10-20-26(21-11-17-23-13-5-3-6-14-23)22-12-18-24-15-7-4-8-16-24/h3-8,11-18H,1-2,9-10,19-22,25H2. The predicted molar refractivity (Wildman–Crippen MR) is 115 cm³/mol. The SMILES string of the molecule is NCCCCCCN(CC=Cc1ccccc1)CC=Cc1ccccc1. The van der Waals surface area contributed by atoms with Gasteiger partial charge in [-0.2, -0.15) is 0 Å². The molecule has 2 aromatic carbocycles. The van der Waals surface area contributed by atoms with Crippen LogP contribution in [-0.2, 0) is 0 Å². The average molecular weight is 349 g/mol. The van der Waals surface area contributed by atoms with Gasteiger partial charge in [0.1, 0.15) is 0 Å². The van der Waals surface area contributed by atoms with Gasteiger partial charge in [0.05, 0.1) is 0 Å². The van der Waals surface area contributed by atoms with E-state index in [1.807, 2.05) is 0 Å². The zero-order chi connectivity index (χ0) is 18.3. The minimum atomic E-state index is 0.809. The lowest BCUT2D eigenvalue weighted by Crippen LogP contribution is -2.25. The number of hydrogen-bond donors (Lipinski definition) is 1. The van der Waals surface area contributed by atoms with Crippen molar-refractivity contribution in [2.24, 2.45) is 5.73 Å². The zero-order valence-electron chi connectivity index (χ0n) is 15.8. The predicted octanol–water partition coefficient (Wildman–Crippen LogP) is 5.23. The molecule has 2 aromatic rings. The second-order valence-corrected chi connectivity index (χ2v) is 6.59. The van der Waals surface area contributed by atoms with E-state index in [0.29, 0.717) is 0 Å². The molecule has 0 bridgehead atoms. The first-order valence-electron chi connectivity index (χ1n) is 9.74. The number of rotatable bonds is 12. The minimum absolute atomic E-state index is 0.809. The summed E-state index contributed by atoms with van der Waals surface area (Å²) in [6, 6.07) is 21.0. The van der Waals surface area contributed by atoms with Gasteiger partial charge in [-0.15, -0.1) is 0 Å². The normalized spacial score (nSPS) is 11.8. The molecular formula is C24H32N2. The van der Waals surface area contributed by atoms with Gasteiger partial charge in [-0.25, -0.2) is 0 Å². The highest BCUT2D eigenvalue weighted by atomic mass is 15.1. The minimum Gasteiger partial charge on any atom is -0.330 e. The summed E-state index contributed by atoms with van der Waals surface area (Å²) in [7, 11) is 0. The van der Waals surface area contributed by atoms with Gasteiger partial charge in [0.15, 0.2) is 0 Å². The maximum absolute atomic E-state index is 5.58. The first-order chi connectivity index (χ1) is 12.9. The topological polar surface area (TPSA) is 29.3 Å². The van der Waals surface area contributed by atoms with Crippen LogP contribution in [0.4, 0.5) is 0 Å². The van der Waals surface area contributed by atoms with Crippen LogP contribution in [-0.4, -0.2) is 31.1 Å². The quantitative estimate of drug-likeness (QED) is 0.532. The van der Waals surface area contributed by atoms with Gasteiger partial charge in [0.2, 0.25) is 0 Å². The lowest BCUT2D eigenvalue weighted by molar-refractivity contribution is 0.325. The fourth-order valence-corrected chi connectivity index (χ4v) is 2.89. The summed E-state index contributed by atoms with van der Waals surface area (Å²) in [5.74, 6) is 0. The monoisotopic (exact) mass is 348 g/mol. The van der Waals surface area contributed by atoms with Crippen LogP contribution < -0.4 is 5.73 Å². The molecule has 2 nitrogen and oxygen atoms in total. The Kier molecular flexibility index (Phi) is 10.2. The Hall–Kier alpha value is -2.16. The third kappa shape index (κ3) is 8.80. The van der Waals surface area contributed by atoms with E-state index in [2.05, 4.69) is 89.9 Å². The van der Waals surface area contributed by atoms with Crippen molar-refractivity contribution in [2.75, 3.05) is 26.2 Å². The molecule has 0 saturated heterocycles. The van der Waals surface area contributed by atoms with E-state index in [1.165, 1.54) is 30.4 Å². The Labute approximate surface area is 159 Å². The summed E-state index contributed by atoms with van der Waals surface area (Å²) in [4.78, 5) is 2.50. The highest BCUT2D eigenvalue weighted by molar-refractivity contribution is 5.49. The Balaban J connectivity index is 1.83. The van der Waals surface area contributed by atoms with E-state index in [4.69, 9.17) is 5.73 Å². The van der Waals surface area contributed by atoms with E-state index in [9.17, 15) is 0 Å². The van der Waals surface area contributed by atoms with Crippen LogP contribution in [0.3, 0.4) is 0 Å². The number of hydrogen-bond acceptors (Lipinski definition) is 2. The molecule has 2 N–H and O–H groups in total. The van der Waals surface area contributed by atoms with Crippen LogP contribution in [0.1, 0.15) is 36.8 Å². The van der Waals surface area contributed by atoms with Crippen LogP contribution in [0, 0.1) is 0 Å². The van der Waals surface area contributed by atoms with Crippen molar-refractivity contribution in [1.29, 1.82) is 0 Å². The molecule has 0 spiro atoms. The molecule has 138 valence electrons. The van der Waals surface area contributed by atoms with Gasteiger partial charge < -0.3 is 5.73 Å². The second kappa shape index (κ2) is 13.1. The molecule has 26 heavy (non-hydrogen) atoms. The fourth-order valence-electron chi connectivity index (χ4n) is 2.89. The molecule has 0 heterocycles. The number of nitrogens with zero attached hydrogens (tertiary/aromatic N) is 1. The van der Waals surface area contributed by atoms with Gasteiger partial charge in [0.25, 0.3) is 0 Å². The van der Waals surface area contributed by atoms with E-state index in [0.717, 1.165) is 32.6 Å².